The summed E-state index contributed by atoms with van der Waals surface area (Å²) >= 11 is 0. The Hall–Kier alpha value is -2.44. The normalized spacial score (nSPS) is 28.3. The van der Waals surface area contributed by atoms with Crippen LogP contribution in [0.5, 0.6) is 5.75 Å². The van der Waals surface area contributed by atoms with E-state index in [1.54, 1.807) is 6.07 Å². The van der Waals surface area contributed by atoms with Gasteiger partial charge in [-0.15, -0.1) is 0 Å². The SMILES string of the molecule is C[C@H]1CCC[C@@H]1Oc1cc2c(cc1F)C(=O)N(C1CCC(=O)NC1=O)C2. The van der Waals surface area contributed by atoms with Crippen molar-refractivity contribution in [2.24, 2.45) is 5.92 Å². The quantitative estimate of drug-likeness (QED) is 0.838. The van der Waals surface area contributed by atoms with Gasteiger partial charge in [-0.1, -0.05) is 6.92 Å². The second-order valence-corrected chi connectivity index (χ2v) is 7.40. The van der Waals surface area contributed by atoms with Crippen LogP contribution in [-0.4, -0.2) is 34.8 Å². The number of hydrogen-bond donors (Lipinski definition) is 1. The number of amides is 3. The minimum Gasteiger partial charge on any atom is -0.487 e. The van der Waals surface area contributed by atoms with Crippen LogP contribution >= 0.6 is 0 Å². The molecule has 1 saturated carbocycles. The van der Waals surface area contributed by atoms with Crippen LogP contribution in [-0.2, 0) is 16.1 Å². The number of halogens is 1. The number of imide groups is 1. The van der Waals surface area contributed by atoms with E-state index in [1.165, 1.54) is 11.0 Å². The maximum absolute atomic E-state index is 14.5. The first-order valence-electron chi connectivity index (χ1n) is 9.08. The average molecular weight is 360 g/mol. The lowest BCUT2D eigenvalue weighted by molar-refractivity contribution is -0.136. The van der Waals surface area contributed by atoms with Crippen molar-refractivity contribution in [1.29, 1.82) is 0 Å². The van der Waals surface area contributed by atoms with E-state index in [4.69, 9.17) is 4.74 Å². The van der Waals surface area contributed by atoms with Crippen molar-refractivity contribution in [3.8, 4) is 5.75 Å². The minimum absolute atomic E-state index is 0.00843. The van der Waals surface area contributed by atoms with Crippen molar-refractivity contribution >= 4 is 17.7 Å². The van der Waals surface area contributed by atoms with Crippen molar-refractivity contribution in [2.45, 2.75) is 57.7 Å². The Labute approximate surface area is 150 Å². The summed E-state index contributed by atoms with van der Waals surface area (Å²) in [5.74, 6) is -1.19. The van der Waals surface area contributed by atoms with E-state index in [0.717, 1.165) is 19.3 Å². The predicted molar refractivity (Wildman–Crippen MR) is 89.9 cm³/mol. The van der Waals surface area contributed by atoms with Crippen LogP contribution in [0.3, 0.4) is 0 Å². The van der Waals surface area contributed by atoms with Gasteiger partial charge in [0, 0.05) is 18.5 Å². The summed E-state index contributed by atoms with van der Waals surface area (Å²) in [6.07, 6.45) is 3.51. The molecule has 1 unspecified atom stereocenters. The lowest BCUT2D eigenvalue weighted by Crippen LogP contribution is -2.52. The Morgan fingerprint density at radius 3 is 2.69 bits per heavy atom. The number of hydrogen-bond acceptors (Lipinski definition) is 4. The summed E-state index contributed by atoms with van der Waals surface area (Å²) < 4.78 is 20.3. The van der Waals surface area contributed by atoms with Gasteiger partial charge in [-0.2, -0.15) is 0 Å². The van der Waals surface area contributed by atoms with Crippen LogP contribution in [0, 0.1) is 11.7 Å². The van der Waals surface area contributed by atoms with Crippen LogP contribution < -0.4 is 10.1 Å². The third-order valence-electron chi connectivity index (χ3n) is 5.64. The van der Waals surface area contributed by atoms with Gasteiger partial charge in [0.15, 0.2) is 11.6 Å². The van der Waals surface area contributed by atoms with Crippen LogP contribution in [0.2, 0.25) is 0 Å². The van der Waals surface area contributed by atoms with E-state index in [2.05, 4.69) is 12.2 Å². The van der Waals surface area contributed by atoms with Crippen LogP contribution in [0.15, 0.2) is 12.1 Å². The third kappa shape index (κ3) is 2.85. The summed E-state index contributed by atoms with van der Waals surface area (Å²) in [4.78, 5) is 37.4. The van der Waals surface area contributed by atoms with Gasteiger partial charge < -0.3 is 9.64 Å². The summed E-state index contributed by atoms with van der Waals surface area (Å²) in [7, 11) is 0. The summed E-state index contributed by atoms with van der Waals surface area (Å²) in [6, 6.07) is 2.09. The summed E-state index contributed by atoms with van der Waals surface area (Å²) in [5.41, 5.74) is 0.917. The van der Waals surface area contributed by atoms with Gasteiger partial charge >= 0.3 is 0 Å². The Morgan fingerprint density at radius 1 is 1.19 bits per heavy atom. The Kier molecular flexibility index (Phi) is 4.17. The molecule has 4 rings (SSSR count). The van der Waals surface area contributed by atoms with Crippen LogP contribution in [0.25, 0.3) is 0 Å². The zero-order valence-corrected chi connectivity index (χ0v) is 14.6. The molecule has 3 amide bonds. The van der Waals surface area contributed by atoms with Gasteiger partial charge in [-0.25, -0.2) is 4.39 Å². The van der Waals surface area contributed by atoms with Crippen molar-refractivity contribution in [2.75, 3.05) is 0 Å². The molecular formula is C19H21FN2O4. The third-order valence-corrected chi connectivity index (χ3v) is 5.64. The van der Waals surface area contributed by atoms with Crippen LogP contribution in [0.1, 0.15) is 54.9 Å². The van der Waals surface area contributed by atoms with Crippen molar-refractivity contribution < 1.29 is 23.5 Å². The van der Waals surface area contributed by atoms with Gasteiger partial charge in [-0.3, -0.25) is 19.7 Å². The first-order chi connectivity index (χ1) is 12.4. The van der Waals surface area contributed by atoms with Crippen molar-refractivity contribution in [3.05, 3.63) is 29.1 Å². The van der Waals surface area contributed by atoms with E-state index in [0.29, 0.717) is 11.5 Å². The summed E-state index contributed by atoms with van der Waals surface area (Å²) in [5, 5.41) is 2.26. The number of benzene rings is 1. The predicted octanol–water partition coefficient (Wildman–Crippen LogP) is 2.15. The van der Waals surface area contributed by atoms with Gasteiger partial charge in [0.05, 0.1) is 0 Å². The highest BCUT2D eigenvalue weighted by Crippen LogP contribution is 2.35. The van der Waals surface area contributed by atoms with Gasteiger partial charge in [0.25, 0.3) is 5.91 Å². The highest BCUT2D eigenvalue weighted by atomic mass is 19.1. The van der Waals surface area contributed by atoms with E-state index in [9.17, 15) is 18.8 Å². The second kappa shape index (κ2) is 6.37. The molecule has 2 aliphatic heterocycles. The molecule has 6 nitrogen and oxygen atoms in total. The average Bonchev–Trinajstić information content (AvgIpc) is 3.13. The molecule has 26 heavy (non-hydrogen) atoms. The van der Waals surface area contributed by atoms with Crippen LogP contribution in [0.4, 0.5) is 4.39 Å². The molecule has 0 radical (unpaired) electrons. The highest BCUT2D eigenvalue weighted by molar-refractivity contribution is 6.05. The summed E-state index contributed by atoms with van der Waals surface area (Å²) in [6.45, 7) is 2.31. The lowest BCUT2D eigenvalue weighted by Gasteiger charge is -2.29. The number of nitrogens with one attached hydrogen (secondary N) is 1. The Morgan fingerprint density at radius 2 is 2.00 bits per heavy atom. The number of carbonyl (C=O) groups excluding carboxylic acids is 3. The van der Waals surface area contributed by atoms with E-state index >= 15 is 0 Å². The number of ether oxygens (including phenoxy) is 1. The van der Waals surface area contributed by atoms with Crippen molar-refractivity contribution in [1.82, 2.24) is 10.2 Å². The molecule has 0 aromatic heterocycles. The molecule has 1 aromatic rings. The Balaban J connectivity index is 1.56. The van der Waals surface area contributed by atoms with E-state index < -0.39 is 17.8 Å². The monoisotopic (exact) mass is 360 g/mol. The smallest absolute Gasteiger partial charge is 0.255 e. The zero-order valence-electron chi connectivity index (χ0n) is 14.6. The molecule has 7 heteroatoms. The number of rotatable bonds is 3. The molecule has 1 N–H and O–H groups in total. The number of piperidine rings is 1. The molecule has 1 saturated heterocycles. The molecule has 1 aromatic carbocycles. The second-order valence-electron chi connectivity index (χ2n) is 7.40. The fourth-order valence-electron chi connectivity index (χ4n) is 4.11. The Bertz CT molecular complexity index is 794. The lowest BCUT2D eigenvalue weighted by atomic mass is 10.0. The number of fused-ring (bicyclic) bond motifs is 1. The molecule has 1 aliphatic carbocycles. The molecule has 2 heterocycles. The topological polar surface area (TPSA) is 75.7 Å². The number of nitrogens with zero attached hydrogens (tertiary/aromatic N) is 1. The largest absolute Gasteiger partial charge is 0.487 e. The fraction of sp³-hybridized carbons (Fsp3) is 0.526. The van der Waals surface area contributed by atoms with Gasteiger partial charge in [0.1, 0.15) is 12.1 Å². The molecule has 0 spiro atoms. The molecule has 3 atom stereocenters. The molecule has 3 aliphatic rings. The standard InChI is InChI=1S/C19H21FN2O4/c1-10-3-2-4-15(10)26-16-7-11-9-22(19(25)12(11)8-13(16)20)14-5-6-17(23)21-18(14)24/h7-8,10,14-15H,2-6,9H2,1H3,(H,21,23,24)/t10-,14?,15-/m0/s1. The molecule has 2 fully saturated rings. The van der Waals surface area contributed by atoms with E-state index in [1.807, 2.05) is 0 Å². The zero-order chi connectivity index (χ0) is 18.4. The van der Waals surface area contributed by atoms with Crippen molar-refractivity contribution in [3.63, 3.8) is 0 Å². The fourth-order valence-corrected chi connectivity index (χ4v) is 4.11. The molecule has 0 bridgehead atoms. The number of carbonyl (C=O) groups is 3. The molecule has 138 valence electrons. The van der Waals surface area contributed by atoms with Gasteiger partial charge in [-0.05, 0) is 49.3 Å². The maximum atomic E-state index is 14.5. The minimum atomic E-state index is -0.699. The maximum Gasteiger partial charge on any atom is 0.255 e. The first kappa shape index (κ1) is 17.0. The molecular weight excluding hydrogens is 339 g/mol. The highest BCUT2D eigenvalue weighted by Gasteiger charge is 2.40. The van der Waals surface area contributed by atoms with Gasteiger partial charge in [0.2, 0.25) is 11.8 Å². The van der Waals surface area contributed by atoms with E-state index in [-0.39, 0.29) is 48.6 Å². The first-order valence-corrected chi connectivity index (χ1v) is 9.08.